The van der Waals surface area contributed by atoms with Crippen molar-refractivity contribution in [2.75, 3.05) is 46.9 Å². The lowest BCUT2D eigenvalue weighted by molar-refractivity contribution is 0.0582. The van der Waals surface area contributed by atoms with Crippen molar-refractivity contribution >= 4 is 29.9 Å². The molecule has 30 heavy (non-hydrogen) atoms. The van der Waals surface area contributed by atoms with E-state index in [2.05, 4.69) is 34.6 Å². The van der Waals surface area contributed by atoms with Crippen LogP contribution in [0.2, 0.25) is 0 Å². The molecule has 174 valence electrons. The van der Waals surface area contributed by atoms with Crippen LogP contribution in [0.5, 0.6) is 5.75 Å². The second-order valence-corrected chi connectivity index (χ2v) is 7.52. The zero-order valence-corrected chi connectivity index (χ0v) is 21.7. The summed E-state index contributed by atoms with van der Waals surface area (Å²) in [6.07, 6.45) is 0.501. The van der Waals surface area contributed by atoms with Gasteiger partial charge in [-0.3, -0.25) is 4.99 Å². The number of aliphatic hydroxyl groups is 1. The fraction of sp³-hybridized carbons (Fsp3) is 0.682. The van der Waals surface area contributed by atoms with Crippen LogP contribution in [-0.4, -0.2) is 75.1 Å². The molecule has 3 N–H and O–H groups in total. The van der Waals surface area contributed by atoms with E-state index >= 15 is 0 Å². The molecule has 0 aliphatic rings. The molecule has 0 heterocycles. The van der Waals surface area contributed by atoms with Gasteiger partial charge in [0.2, 0.25) is 0 Å². The van der Waals surface area contributed by atoms with Gasteiger partial charge in [0.15, 0.2) is 5.96 Å². The molecule has 7 nitrogen and oxygen atoms in total. The predicted molar refractivity (Wildman–Crippen MR) is 135 cm³/mol. The maximum Gasteiger partial charge on any atom is 0.191 e. The smallest absolute Gasteiger partial charge is 0.191 e. The first-order chi connectivity index (χ1) is 13.8. The van der Waals surface area contributed by atoms with E-state index < -0.39 is 6.10 Å². The number of guanidine groups is 1. The number of halogens is 1. The van der Waals surface area contributed by atoms with Gasteiger partial charge in [0.1, 0.15) is 5.75 Å². The average molecular weight is 536 g/mol. The molecule has 0 bridgehead atoms. The van der Waals surface area contributed by atoms with Crippen molar-refractivity contribution in [2.24, 2.45) is 4.99 Å². The second-order valence-electron chi connectivity index (χ2n) is 7.52. The van der Waals surface area contributed by atoms with Crippen LogP contribution in [0, 0.1) is 0 Å². The molecule has 0 radical (unpaired) electrons. The van der Waals surface area contributed by atoms with Crippen molar-refractivity contribution < 1.29 is 14.6 Å². The van der Waals surface area contributed by atoms with Crippen LogP contribution < -0.4 is 15.4 Å². The average Bonchev–Trinajstić information content (AvgIpc) is 2.67. The summed E-state index contributed by atoms with van der Waals surface area (Å²) in [6, 6.07) is 7.55. The molecule has 2 unspecified atom stereocenters. The van der Waals surface area contributed by atoms with E-state index in [-0.39, 0.29) is 36.2 Å². The van der Waals surface area contributed by atoms with Gasteiger partial charge in [-0.05, 0) is 65.9 Å². The van der Waals surface area contributed by atoms with E-state index in [1.807, 2.05) is 52.0 Å². The Bertz CT molecular complexity index is 582. The lowest BCUT2D eigenvalue weighted by Crippen LogP contribution is -2.40. The van der Waals surface area contributed by atoms with Gasteiger partial charge in [-0.25, -0.2) is 0 Å². The molecule has 0 spiro atoms. The van der Waals surface area contributed by atoms with Crippen LogP contribution in [0.3, 0.4) is 0 Å². The van der Waals surface area contributed by atoms with E-state index in [1.54, 1.807) is 0 Å². The fourth-order valence-electron chi connectivity index (χ4n) is 2.75. The van der Waals surface area contributed by atoms with Gasteiger partial charge in [-0.15, -0.1) is 24.0 Å². The lowest BCUT2D eigenvalue weighted by atomic mass is 10.1. The molecular formula is C22H41IN4O3. The van der Waals surface area contributed by atoms with Crippen LogP contribution in [0.25, 0.3) is 0 Å². The monoisotopic (exact) mass is 536 g/mol. The third-order valence-electron chi connectivity index (χ3n) is 4.20. The Hall–Kier alpha value is -1.10. The topological polar surface area (TPSA) is 78.4 Å². The molecular weight excluding hydrogens is 495 g/mol. The standard InChI is InChI=1S/C22H40N4O3.HI/c1-7-23-22(24-15-20(28-8-2)13-14-26(5)6)25-16-21(27)18-9-11-19(12-10-18)29-17(3)4;/h9-12,17,20-21,27H,7-8,13-16H2,1-6H3,(H2,23,24,25);1H. The van der Waals surface area contributed by atoms with E-state index in [9.17, 15) is 5.11 Å². The second kappa shape index (κ2) is 16.6. The van der Waals surface area contributed by atoms with E-state index in [0.29, 0.717) is 25.7 Å². The van der Waals surface area contributed by atoms with Gasteiger partial charge >= 0.3 is 0 Å². The van der Waals surface area contributed by atoms with Crippen LogP contribution in [0.4, 0.5) is 0 Å². The quantitative estimate of drug-likeness (QED) is 0.205. The van der Waals surface area contributed by atoms with Crippen molar-refractivity contribution in [2.45, 2.75) is 52.4 Å². The number of nitrogens with one attached hydrogen (secondary N) is 2. The zero-order chi connectivity index (χ0) is 21.6. The summed E-state index contributed by atoms with van der Waals surface area (Å²) in [4.78, 5) is 6.79. The van der Waals surface area contributed by atoms with E-state index in [0.717, 1.165) is 30.8 Å². The summed E-state index contributed by atoms with van der Waals surface area (Å²) in [6.45, 7) is 11.3. The van der Waals surface area contributed by atoms with Crippen LogP contribution in [0.1, 0.15) is 45.8 Å². The van der Waals surface area contributed by atoms with Crippen LogP contribution in [0.15, 0.2) is 29.3 Å². The van der Waals surface area contributed by atoms with Crippen molar-refractivity contribution in [3.63, 3.8) is 0 Å². The van der Waals surface area contributed by atoms with Gasteiger partial charge in [0, 0.05) is 26.2 Å². The number of aliphatic hydroxyl groups excluding tert-OH is 1. The summed E-state index contributed by atoms with van der Waals surface area (Å²) >= 11 is 0. The predicted octanol–water partition coefficient (Wildman–Crippen LogP) is 3.04. The minimum absolute atomic E-state index is 0. The fourth-order valence-corrected chi connectivity index (χ4v) is 2.75. The highest BCUT2D eigenvalue weighted by Gasteiger charge is 2.11. The minimum atomic E-state index is -0.636. The Morgan fingerprint density at radius 1 is 1.13 bits per heavy atom. The SMILES string of the molecule is CCNC(=NCC(CCN(C)C)OCC)NCC(O)c1ccc(OC(C)C)cc1.I. The van der Waals surface area contributed by atoms with E-state index in [1.165, 1.54) is 0 Å². The third kappa shape index (κ3) is 12.6. The Kier molecular flexibility index (Phi) is 16.0. The number of rotatable bonds is 13. The highest BCUT2D eigenvalue weighted by atomic mass is 127. The molecule has 0 aliphatic heterocycles. The Balaban J connectivity index is 0.00000841. The highest BCUT2D eigenvalue weighted by Crippen LogP contribution is 2.18. The van der Waals surface area contributed by atoms with Crippen molar-refractivity contribution in [1.82, 2.24) is 15.5 Å². The largest absolute Gasteiger partial charge is 0.491 e. The van der Waals surface area contributed by atoms with Crippen molar-refractivity contribution in [3.8, 4) is 5.75 Å². The first kappa shape index (κ1) is 28.9. The molecule has 0 aliphatic carbocycles. The molecule has 0 saturated carbocycles. The molecule has 0 aromatic heterocycles. The summed E-state index contributed by atoms with van der Waals surface area (Å²) in [5, 5.41) is 16.9. The lowest BCUT2D eigenvalue weighted by Gasteiger charge is -2.19. The van der Waals surface area contributed by atoms with Crippen LogP contribution in [-0.2, 0) is 4.74 Å². The maximum atomic E-state index is 10.5. The summed E-state index contributed by atoms with van der Waals surface area (Å²) in [5.74, 6) is 1.49. The molecule has 1 aromatic rings. The molecule has 1 rings (SSSR count). The Labute approximate surface area is 199 Å². The van der Waals surface area contributed by atoms with Gasteiger partial charge in [-0.2, -0.15) is 0 Å². The summed E-state index contributed by atoms with van der Waals surface area (Å²) in [7, 11) is 4.11. The number of benzene rings is 1. The first-order valence-electron chi connectivity index (χ1n) is 10.6. The number of hydrogen-bond acceptors (Lipinski definition) is 5. The van der Waals surface area contributed by atoms with Gasteiger partial charge in [0.05, 0.1) is 24.9 Å². The number of hydrogen-bond donors (Lipinski definition) is 3. The Morgan fingerprint density at radius 3 is 2.33 bits per heavy atom. The molecule has 0 amide bonds. The van der Waals surface area contributed by atoms with Crippen molar-refractivity contribution in [1.29, 1.82) is 0 Å². The number of nitrogens with zero attached hydrogens (tertiary/aromatic N) is 2. The first-order valence-corrected chi connectivity index (χ1v) is 10.6. The molecule has 0 saturated heterocycles. The van der Waals surface area contributed by atoms with Crippen molar-refractivity contribution in [3.05, 3.63) is 29.8 Å². The van der Waals surface area contributed by atoms with Crippen LogP contribution >= 0.6 is 24.0 Å². The number of ether oxygens (including phenoxy) is 2. The minimum Gasteiger partial charge on any atom is -0.491 e. The molecule has 0 fully saturated rings. The maximum absolute atomic E-state index is 10.5. The normalized spacial score (nSPS) is 13.7. The number of aliphatic imine (C=N–C) groups is 1. The molecule has 8 heteroatoms. The zero-order valence-electron chi connectivity index (χ0n) is 19.4. The van der Waals surface area contributed by atoms with Gasteiger partial charge < -0.3 is 30.1 Å². The highest BCUT2D eigenvalue weighted by molar-refractivity contribution is 14.0. The molecule has 1 aromatic carbocycles. The summed E-state index contributed by atoms with van der Waals surface area (Å²) < 4.78 is 11.5. The van der Waals surface area contributed by atoms with Gasteiger partial charge in [0.25, 0.3) is 0 Å². The summed E-state index contributed by atoms with van der Waals surface area (Å²) in [5.41, 5.74) is 0.836. The Morgan fingerprint density at radius 2 is 1.80 bits per heavy atom. The molecule has 2 atom stereocenters. The van der Waals surface area contributed by atoms with Gasteiger partial charge in [-0.1, -0.05) is 12.1 Å². The van der Waals surface area contributed by atoms with E-state index in [4.69, 9.17) is 9.47 Å². The third-order valence-corrected chi connectivity index (χ3v) is 4.20.